The highest BCUT2D eigenvalue weighted by molar-refractivity contribution is 7.95. The highest BCUT2D eigenvalue weighted by atomic mass is 32.2. The zero-order chi connectivity index (χ0) is 20.3. The van der Waals surface area contributed by atoms with E-state index in [0.29, 0.717) is 12.0 Å². The smallest absolute Gasteiger partial charge is 0.188 e. The summed E-state index contributed by atoms with van der Waals surface area (Å²) in [6.07, 6.45) is 2.70. The van der Waals surface area contributed by atoms with Crippen molar-refractivity contribution >= 4 is 15.9 Å². The Hall–Kier alpha value is -1.80. The first-order valence-corrected chi connectivity index (χ1v) is 10.6. The number of nitrogens with zero attached hydrogens (tertiary/aromatic N) is 1. The number of allylic oxidation sites excluding steroid dienone is 1. The standard InChI is InChI=1S/C21H31NO3S/c1-8-9-10-26(24,25)16(14-22)11-15-12-17(20(2,3)4)19(23)18(13-15)21(5,6)7/h11-13,23H,8-10H2,1-7H3. The molecule has 5 heteroatoms. The molecule has 0 bridgehead atoms. The maximum atomic E-state index is 12.4. The van der Waals surface area contributed by atoms with Crippen LogP contribution in [-0.4, -0.2) is 19.3 Å². The van der Waals surface area contributed by atoms with Crippen LogP contribution in [0.4, 0.5) is 0 Å². The topological polar surface area (TPSA) is 78.2 Å². The molecule has 0 radical (unpaired) electrons. The second-order valence-electron chi connectivity index (χ2n) is 8.76. The van der Waals surface area contributed by atoms with Gasteiger partial charge in [0.1, 0.15) is 16.7 Å². The maximum Gasteiger partial charge on any atom is 0.188 e. The van der Waals surface area contributed by atoms with Crippen molar-refractivity contribution in [1.29, 1.82) is 5.26 Å². The van der Waals surface area contributed by atoms with E-state index in [0.717, 1.165) is 17.5 Å². The third kappa shape index (κ3) is 5.35. The SMILES string of the molecule is CCCCS(=O)(=O)C(C#N)=Cc1cc(C(C)(C)C)c(O)c(C(C)(C)C)c1. The molecular formula is C21H31NO3S. The van der Waals surface area contributed by atoms with Gasteiger partial charge >= 0.3 is 0 Å². The van der Waals surface area contributed by atoms with E-state index in [1.54, 1.807) is 12.1 Å². The van der Waals surface area contributed by atoms with Crippen molar-refractivity contribution in [1.82, 2.24) is 0 Å². The lowest BCUT2D eigenvalue weighted by molar-refractivity contribution is 0.423. The number of nitriles is 1. The Morgan fingerprint density at radius 2 is 1.58 bits per heavy atom. The number of unbranched alkanes of at least 4 members (excludes halogenated alkanes) is 1. The van der Waals surface area contributed by atoms with E-state index >= 15 is 0 Å². The summed E-state index contributed by atoms with van der Waals surface area (Å²) in [6.45, 7) is 13.9. The van der Waals surface area contributed by atoms with Gasteiger partial charge in [-0.1, -0.05) is 54.9 Å². The first kappa shape index (κ1) is 22.2. The summed E-state index contributed by atoms with van der Waals surface area (Å²) >= 11 is 0. The van der Waals surface area contributed by atoms with Crippen LogP contribution >= 0.6 is 0 Å². The van der Waals surface area contributed by atoms with Gasteiger partial charge in [-0.2, -0.15) is 5.26 Å². The molecule has 0 atom stereocenters. The van der Waals surface area contributed by atoms with Gasteiger partial charge in [0.15, 0.2) is 9.84 Å². The molecule has 26 heavy (non-hydrogen) atoms. The van der Waals surface area contributed by atoms with Gasteiger partial charge in [-0.25, -0.2) is 8.42 Å². The third-order valence-electron chi connectivity index (χ3n) is 4.26. The fraction of sp³-hybridized carbons (Fsp3) is 0.571. The molecular weight excluding hydrogens is 346 g/mol. The molecule has 0 fully saturated rings. The van der Waals surface area contributed by atoms with E-state index in [9.17, 15) is 18.8 Å². The first-order chi connectivity index (χ1) is 11.7. The average Bonchev–Trinajstić information content (AvgIpc) is 2.49. The number of sulfone groups is 1. The van der Waals surface area contributed by atoms with Crippen molar-refractivity contribution in [2.24, 2.45) is 0 Å². The Labute approximate surface area is 158 Å². The van der Waals surface area contributed by atoms with Crippen LogP contribution in [0.5, 0.6) is 5.75 Å². The number of hydrogen-bond acceptors (Lipinski definition) is 4. The molecule has 0 saturated heterocycles. The highest BCUT2D eigenvalue weighted by Gasteiger charge is 2.27. The summed E-state index contributed by atoms with van der Waals surface area (Å²) < 4.78 is 24.8. The summed E-state index contributed by atoms with van der Waals surface area (Å²) in [6, 6.07) is 5.39. The van der Waals surface area contributed by atoms with E-state index in [-0.39, 0.29) is 27.2 Å². The summed E-state index contributed by atoms with van der Waals surface area (Å²) in [5, 5.41) is 20.1. The number of benzene rings is 1. The molecule has 1 N–H and O–H groups in total. The van der Waals surface area contributed by atoms with Crippen LogP contribution in [-0.2, 0) is 20.7 Å². The molecule has 1 aromatic carbocycles. The van der Waals surface area contributed by atoms with Crippen LogP contribution in [0.1, 0.15) is 78.0 Å². The van der Waals surface area contributed by atoms with Crippen LogP contribution < -0.4 is 0 Å². The molecule has 144 valence electrons. The van der Waals surface area contributed by atoms with Gasteiger partial charge < -0.3 is 5.11 Å². The van der Waals surface area contributed by atoms with E-state index in [2.05, 4.69) is 0 Å². The molecule has 0 amide bonds. The molecule has 0 aliphatic heterocycles. The fourth-order valence-corrected chi connectivity index (χ4v) is 4.01. The maximum absolute atomic E-state index is 12.4. The number of phenols is 1. The zero-order valence-corrected chi connectivity index (χ0v) is 17.8. The molecule has 0 unspecified atom stereocenters. The van der Waals surface area contributed by atoms with Gasteiger partial charge in [-0.15, -0.1) is 0 Å². The Kier molecular flexibility index (Phi) is 6.70. The van der Waals surface area contributed by atoms with Gasteiger partial charge in [-0.05, 0) is 41.0 Å². The van der Waals surface area contributed by atoms with Crippen LogP contribution in [0, 0.1) is 11.3 Å². The van der Waals surface area contributed by atoms with Gasteiger partial charge in [0.05, 0.1) is 5.75 Å². The number of rotatable bonds is 5. The van der Waals surface area contributed by atoms with Crippen molar-refractivity contribution in [3.8, 4) is 11.8 Å². The Bertz CT molecular complexity index is 794. The van der Waals surface area contributed by atoms with Crippen molar-refractivity contribution in [2.75, 3.05) is 5.75 Å². The molecule has 0 aromatic heterocycles. The van der Waals surface area contributed by atoms with E-state index in [4.69, 9.17) is 0 Å². The van der Waals surface area contributed by atoms with Crippen LogP contribution in [0.2, 0.25) is 0 Å². The van der Waals surface area contributed by atoms with Crippen LogP contribution in [0.25, 0.3) is 6.08 Å². The number of aromatic hydroxyl groups is 1. The molecule has 0 aliphatic rings. The Balaban J connectivity index is 3.65. The molecule has 0 spiro atoms. The normalized spacial score (nSPS) is 13.5. The summed E-state index contributed by atoms with van der Waals surface area (Å²) in [5.41, 5.74) is 1.46. The minimum absolute atomic E-state index is 0.0285. The molecule has 1 aromatic rings. The van der Waals surface area contributed by atoms with Crippen LogP contribution in [0.15, 0.2) is 17.0 Å². The third-order valence-corrected chi connectivity index (χ3v) is 5.96. The molecule has 0 aliphatic carbocycles. The monoisotopic (exact) mass is 377 g/mol. The lowest BCUT2D eigenvalue weighted by atomic mass is 9.78. The van der Waals surface area contributed by atoms with E-state index < -0.39 is 9.84 Å². The van der Waals surface area contributed by atoms with Crippen molar-refractivity contribution in [3.05, 3.63) is 33.7 Å². The minimum Gasteiger partial charge on any atom is -0.507 e. The summed E-state index contributed by atoms with van der Waals surface area (Å²) in [7, 11) is -3.60. The lowest BCUT2D eigenvalue weighted by Gasteiger charge is -2.28. The zero-order valence-electron chi connectivity index (χ0n) is 17.0. The van der Waals surface area contributed by atoms with Crippen LogP contribution in [0.3, 0.4) is 0 Å². The van der Waals surface area contributed by atoms with E-state index in [1.165, 1.54) is 6.08 Å². The van der Waals surface area contributed by atoms with E-state index in [1.807, 2.05) is 54.5 Å². The fourth-order valence-electron chi connectivity index (χ4n) is 2.67. The molecule has 1 rings (SSSR count). The first-order valence-electron chi connectivity index (χ1n) is 8.96. The largest absolute Gasteiger partial charge is 0.507 e. The minimum atomic E-state index is -3.60. The molecule has 0 saturated carbocycles. The Morgan fingerprint density at radius 3 is 1.92 bits per heavy atom. The second kappa shape index (κ2) is 7.84. The summed E-state index contributed by atoms with van der Waals surface area (Å²) in [5.74, 6) is 0.202. The van der Waals surface area contributed by atoms with Gasteiger partial charge in [-0.3, -0.25) is 0 Å². The second-order valence-corrected chi connectivity index (χ2v) is 10.8. The number of phenolic OH excluding ortho intramolecular Hbond substituents is 1. The molecule has 0 heterocycles. The number of hydrogen-bond donors (Lipinski definition) is 1. The predicted octanol–water partition coefficient (Wildman–Crippen LogP) is 5.07. The lowest BCUT2D eigenvalue weighted by Crippen LogP contribution is -2.17. The van der Waals surface area contributed by atoms with Gasteiger partial charge in [0.25, 0.3) is 0 Å². The van der Waals surface area contributed by atoms with Crippen molar-refractivity contribution in [2.45, 2.75) is 72.1 Å². The van der Waals surface area contributed by atoms with Gasteiger partial charge in [0, 0.05) is 11.1 Å². The van der Waals surface area contributed by atoms with Crippen molar-refractivity contribution in [3.63, 3.8) is 0 Å². The summed E-state index contributed by atoms with van der Waals surface area (Å²) in [4.78, 5) is -0.226. The quantitative estimate of drug-likeness (QED) is 0.727. The average molecular weight is 378 g/mol. The van der Waals surface area contributed by atoms with Gasteiger partial charge in [0.2, 0.25) is 0 Å². The predicted molar refractivity (Wildman–Crippen MR) is 108 cm³/mol. The highest BCUT2D eigenvalue weighted by Crippen LogP contribution is 2.40. The Morgan fingerprint density at radius 1 is 1.12 bits per heavy atom. The molecule has 4 nitrogen and oxygen atoms in total. The van der Waals surface area contributed by atoms with Crippen molar-refractivity contribution < 1.29 is 13.5 Å².